The zero-order valence-electron chi connectivity index (χ0n) is 35.0. The fourth-order valence-corrected chi connectivity index (χ4v) is 8.23. The zero-order chi connectivity index (χ0) is 43.0. The summed E-state index contributed by atoms with van der Waals surface area (Å²) in [6.45, 7) is 2.03. The Hall–Kier alpha value is -8.25. The summed E-state index contributed by atoms with van der Waals surface area (Å²) in [7, 11) is 0. The molecule has 0 amide bonds. The molecule has 0 fully saturated rings. The van der Waals surface area contributed by atoms with Crippen molar-refractivity contribution in [2.24, 2.45) is 0 Å². The lowest BCUT2D eigenvalue weighted by Crippen LogP contribution is -1.98. The topological polar surface area (TPSA) is 86.2 Å². The predicted molar refractivity (Wildman–Crippen MR) is 254 cm³/mol. The van der Waals surface area contributed by atoms with Crippen LogP contribution >= 0.6 is 0 Å². The first-order chi connectivity index (χ1) is 31.0. The summed E-state index contributed by atoms with van der Waals surface area (Å²) < 4.78 is 0. The van der Waals surface area contributed by atoms with E-state index in [1.54, 1.807) is 6.07 Å². The van der Waals surface area contributed by atoms with Gasteiger partial charge in [-0.3, -0.25) is 15.0 Å². The van der Waals surface area contributed by atoms with Crippen molar-refractivity contribution in [2.45, 2.75) is 32.6 Å². The molecule has 0 atom stereocenters. The van der Waals surface area contributed by atoms with Crippen LogP contribution in [0.25, 0.3) is 67.2 Å². The van der Waals surface area contributed by atoms with Crippen LogP contribution in [0.5, 0.6) is 0 Å². The second kappa shape index (κ2) is 18.6. The summed E-state index contributed by atoms with van der Waals surface area (Å²) in [4.78, 5) is 13.8. The number of hydrogen-bond donors (Lipinski definition) is 0. The van der Waals surface area contributed by atoms with Gasteiger partial charge in [-0.25, -0.2) is 0 Å². The molecule has 0 aliphatic rings. The van der Waals surface area contributed by atoms with Crippen LogP contribution in [0.15, 0.2) is 195 Å². The van der Waals surface area contributed by atoms with Crippen LogP contribution in [0.3, 0.4) is 0 Å². The summed E-state index contributed by atoms with van der Waals surface area (Å²) >= 11 is 0. The highest BCUT2D eigenvalue weighted by molar-refractivity contribution is 5.94. The average molecular weight is 810 g/mol. The lowest BCUT2D eigenvalue weighted by Gasteiger charge is -2.18. The molecule has 0 spiro atoms. The minimum atomic E-state index is 0.442. The summed E-state index contributed by atoms with van der Waals surface area (Å²) in [5.74, 6) is 0. The first-order valence-electron chi connectivity index (χ1n) is 21.3. The lowest BCUT2D eigenvalue weighted by molar-refractivity contribution is 0.931. The summed E-state index contributed by atoms with van der Waals surface area (Å²) in [5, 5.41) is 20.0. The maximum atomic E-state index is 10.00. The monoisotopic (exact) mass is 809 g/mol. The van der Waals surface area contributed by atoms with Crippen molar-refractivity contribution in [3.05, 3.63) is 233 Å². The zero-order valence-corrected chi connectivity index (χ0v) is 35.0. The van der Waals surface area contributed by atoms with E-state index in [0.717, 1.165) is 98.4 Å². The van der Waals surface area contributed by atoms with Gasteiger partial charge in [0.25, 0.3) is 0 Å². The molecule has 9 aromatic rings. The predicted octanol–water partition coefficient (Wildman–Crippen LogP) is 13.5. The third-order valence-electron chi connectivity index (χ3n) is 11.5. The SMILES string of the molecule is Cc1ccc(-c2ccc(-c3ccccc3-c3cc(CCc4ccc(-c5ccccn5)cc4)cc(CCc4ccc(-c5ccccn5)cc4)c3)c(-c3cc(C#N)cc(C#N)c3)c2)nc1. The van der Waals surface area contributed by atoms with Crippen molar-refractivity contribution in [1.29, 1.82) is 10.5 Å². The van der Waals surface area contributed by atoms with Gasteiger partial charge in [0.05, 0.1) is 40.3 Å². The van der Waals surface area contributed by atoms with Crippen LogP contribution in [-0.4, -0.2) is 15.0 Å². The highest BCUT2D eigenvalue weighted by Crippen LogP contribution is 2.41. The Morgan fingerprint density at radius 1 is 0.365 bits per heavy atom. The highest BCUT2D eigenvalue weighted by atomic mass is 14.7. The molecule has 5 heteroatoms. The standard InChI is InChI=1S/C58H43N5/c1-40-12-27-58(63-39-40)49-25-26-54(55(36-49)51-34-45(37-59)31-46(35-51)38-60)53-9-3-2-8-52(53)50-32-43(15-13-41-17-21-47(22-18-41)56-10-4-6-28-61-56)30-44(33-50)16-14-42-19-23-48(24-20-42)57-11-5-7-29-62-57/h2-12,17-36,39H,13-16H2,1H3. The summed E-state index contributed by atoms with van der Waals surface area (Å²) in [6.07, 6.45) is 9.10. The summed E-state index contributed by atoms with van der Waals surface area (Å²) in [6, 6.07) is 65.6. The molecule has 3 aromatic heterocycles. The third-order valence-corrected chi connectivity index (χ3v) is 11.5. The van der Waals surface area contributed by atoms with E-state index in [4.69, 9.17) is 4.98 Å². The van der Waals surface area contributed by atoms with Gasteiger partial charge in [0, 0.05) is 35.3 Å². The molecular formula is C58H43N5. The Labute approximate surface area is 369 Å². The van der Waals surface area contributed by atoms with Crippen molar-refractivity contribution >= 4 is 0 Å². The minimum absolute atomic E-state index is 0.442. The maximum absolute atomic E-state index is 10.00. The number of aromatic nitrogens is 3. The van der Waals surface area contributed by atoms with Crippen molar-refractivity contribution in [1.82, 2.24) is 15.0 Å². The van der Waals surface area contributed by atoms with E-state index < -0.39 is 0 Å². The summed E-state index contributed by atoms with van der Waals surface area (Å²) in [5.41, 5.74) is 19.1. The maximum Gasteiger partial charge on any atom is 0.0992 e. The minimum Gasteiger partial charge on any atom is -0.256 e. The molecule has 300 valence electrons. The van der Waals surface area contributed by atoms with Crippen LogP contribution in [0.2, 0.25) is 0 Å². The van der Waals surface area contributed by atoms with E-state index in [1.807, 2.05) is 80.1 Å². The van der Waals surface area contributed by atoms with E-state index in [2.05, 4.69) is 137 Å². The largest absolute Gasteiger partial charge is 0.256 e. The molecular weight excluding hydrogens is 767 g/mol. The molecule has 0 N–H and O–H groups in total. The molecule has 5 nitrogen and oxygen atoms in total. The Bertz CT molecular complexity index is 2970. The van der Waals surface area contributed by atoms with Gasteiger partial charge < -0.3 is 0 Å². The number of aryl methyl sites for hydroxylation is 5. The van der Waals surface area contributed by atoms with Gasteiger partial charge in [0.15, 0.2) is 0 Å². The Kier molecular flexibility index (Phi) is 11.8. The van der Waals surface area contributed by atoms with Gasteiger partial charge in [-0.05, 0) is 148 Å². The number of rotatable bonds is 12. The van der Waals surface area contributed by atoms with E-state index in [9.17, 15) is 10.5 Å². The van der Waals surface area contributed by atoms with Crippen molar-refractivity contribution in [2.75, 3.05) is 0 Å². The van der Waals surface area contributed by atoms with Gasteiger partial charge >= 0.3 is 0 Å². The molecule has 0 saturated carbocycles. The van der Waals surface area contributed by atoms with Crippen LogP contribution < -0.4 is 0 Å². The number of nitrogens with zero attached hydrogens (tertiary/aromatic N) is 5. The lowest BCUT2D eigenvalue weighted by atomic mass is 9.86. The smallest absolute Gasteiger partial charge is 0.0992 e. The van der Waals surface area contributed by atoms with Crippen LogP contribution in [0.4, 0.5) is 0 Å². The van der Waals surface area contributed by atoms with E-state index >= 15 is 0 Å². The van der Waals surface area contributed by atoms with Crippen LogP contribution in [0, 0.1) is 29.6 Å². The molecule has 3 heterocycles. The third kappa shape index (κ3) is 9.40. The quantitative estimate of drug-likeness (QED) is 0.123. The van der Waals surface area contributed by atoms with Gasteiger partial charge in [-0.2, -0.15) is 10.5 Å². The molecule has 6 aromatic carbocycles. The van der Waals surface area contributed by atoms with Crippen molar-refractivity contribution in [3.8, 4) is 79.3 Å². The molecule has 0 unspecified atom stereocenters. The Morgan fingerprint density at radius 2 is 0.857 bits per heavy atom. The van der Waals surface area contributed by atoms with Crippen LogP contribution in [0.1, 0.15) is 38.9 Å². The van der Waals surface area contributed by atoms with E-state index in [1.165, 1.54) is 22.3 Å². The fraction of sp³-hybridized carbons (Fsp3) is 0.0862. The number of hydrogen-bond acceptors (Lipinski definition) is 5. The molecule has 0 radical (unpaired) electrons. The van der Waals surface area contributed by atoms with Gasteiger partial charge in [0.2, 0.25) is 0 Å². The van der Waals surface area contributed by atoms with Gasteiger partial charge in [-0.1, -0.05) is 121 Å². The van der Waals surface area contributed by atoms with Crippen LogP contribution in [-0.2, 0) is 25.7 Å². The normalized spacial score (nSPS) is 10.8. The second-order valence-electron chi connectivity index (χ2n) is 15.9. The number of nitriles is 2. The Balaban J connectivity index is 1.10. The highest BCUT2D eigenvalue weighted by Gasteiger charge is 2.17. The average Bonchev–Trinajstić information content (AvgIpc) is 3.35. The number of pyridine rings is 3. The molecule has 0 aliphatic heterocycles. The van der Waals surface area contributed by atoms with Gasteiger partial charge in [0.1, 0.15) is 0 Å². The molecule has 63 heavy (non-hydrogen) atoms. The fourth-order valence-electron chi connectivity index (χ4n) is 8.23. The first kappa shape index (κ1) is 40.2. The number of benzene rings is 6. The first-order valence-corrected chi connectivity index (χ1v) is 21.3. The van der Waals surface area contributed by atoms with E-state index in [-0.39, 0.29) is 0 Å². The molecule has 9 rings (SSSR count). The Morgan fingerprint density at radius 3 is 1.38 bits per heavy atom. The van der Waals surface area contributed by atoms with Crippen molar-refractivity contribution in [3.63, 3.8) is 0 Å². The second-order valence-corrected chi connectivity index (χ2v) is 15.9. The van der Waals surface area contributed by atoms with E-state index in [0.29, 0.717) is 11.1 Å². The molecule has 0 bridgehead atoms. The van der Waals surface area contributed by atoms with Gasteiger partial charge in [-0.15, -0.1) is 0 Å². The van der Waals surface area contributed by atoms with Crippen molar-refractivity contribution < 1.29 is 0 Å². The molecule has 0 aliphatic carbocycles. The molecule has 0 saturated heterocycles.